The summed E-state index contributed by atoms with van der Waals surface area (Å²) in [5.74, 6) is -0.788. The predicted octanol–water partition coefficient (Wildman–Crippen LogP) is 4.01. The van der Waals surface area contributed by atoms with E-state index in [0.717, 1.165) is 0 Å². The Kier molecular flexibility index (Phi) is 6.37. The van der Waals surface area contributed by atoms with Crippen molar-refractivity contribution in [3.05, 3.63) is 28.8 Å². The van der Waals surface area contributed by atoms with Crippen molar-refractivity contribution in [1.82, 2.24) is 0 Å². The van der Waals surface area contributed by atoms with E-state index in [-0.39, 0.29) is 52.3 Å². The molecule has 0 aliphatic heterocycles. The molecule has 8 heteroatoms. The third-order valence-corrected chi connectivity index (χ3v) is 3.49. The minimum Gasteiger partial charge on any atom is -0.466 e. The van der Waals surface area contributed by atoms with Crippen molar-refractivity contribution in [1.29, 1.82) is 5.26 Å². The summed E-state index contributed by atoms with van der Waals surface area (Å²) in [6, 6.07) is 4.37. The van der Waals surface area contributed by atoms with Crippen molar-refractivity contribution >= 4 is 29.3 Å². The predicted molar refractivity (Wildman–Crippen MR) is 73.0 cm³/mol. The van der Waals surface area contributed by atoms with E-state index in [4.69, 9.17) is 21.6 Å². The van der Waals surface area contributed by atoms with E-state index in [2.05, 4.69) is 0 Å². The van der Waals surface area contributed by atoms with Crippen LogP contribution in [0, 0.1) is 11.3 Å². The van der Waals surface area contributed by atoms with E-state index in [1.165, 1.54) is 12.1 Å². The number of thioether (sulfide) groups is 1. The van der Waals surface area contributed by atoms with Crippen LogP contribution in [0.15, 0.2) is 17.0 Å². The molecule has 0 fully saturated rings. The smallest absolute Gasteiger partial charge is 0.446 e. The normalized spacial score (nSPS) is 11.0. The largest absolute Gasteiger partial charge is 0.466 e. The summed E-state index contributed by atoms with van der Waals surface area (Å²) in [4.78, 5) is 11.2. The molecule has 21 heavy (non-hydrogen) atoms. The fraction of sp³-hybridized carbons (Fsp3) is 0.385. The number of hydrogen-bond donors (Lipinski definition) is 0. The molecular weight excluding hydrogens is 327 g/mol. The van der Waals surface area contributed by atoms with Crippen molar-refractivity contribution < 1.29 is 22.7 Å². The Hall–Kier alpha value is -1.39. The summed E-state index contributed by atoms with van der Waals surface area (Å²) in [7, 11) is 0. The lowest BCUT2D eigenvalue weighted by Gasteiger charge is -2.13. The second-order valence-corrected chi connectivity index (χ2v) is 5.27. The third kappa shape index (κ3) is 5.48. The van der Waals surface area contributed by atoms with Gasteiger partial charge in [-0.05, 0) is 41.9 Å². The molecule has 0 bridgehead atoms. The maximum absolute atomic E-state index is 12.6. The minimum atomic E-state index is -4.50. The molecule has 114 valence electrons. The van der Waals surface area contributed by atoms with Crippen LogP contribution >= 0.6 is 23.4 Å². The summed E-state index contributed by atoms with van der Waals surface area (Å²) >= 11 is 5.28. The molecule has 1 aromatic carbocycles. The third-order valence-electron chi connectivity index (χ3n) is 2.40. The van der Waals surface area contributed by atoms with Crippen molar-refractivity contribution in [3.63, 3.8) is 0 Å². The van der Waals surface area contributed by atoms with E-state index >= 15 is 0 Å². The first-order chi connectivity index (χ1) is 9.80. The van der Waals surface area contributed by atoms with E-state index < -0.39 is 11.5 Å². The molecule has 0 heterocycles. The molecule has 0 saturated heterocycles. The number of ether oxygens (including phenoxy) is 1. The Bertz CT molecular complexity index is 570. The van der Waals surface area contributed by atoms with E-state index in [9.17, 15) is 18.0 Å². The van der Waals surface area contributed by atoms with Crippen molar-refractivity contribution in [2.45, 2.75) is 29.6 Å². The SMILES string of the molecule is CCOC(=O)Cc1cc(C#N)c(CCl)c(SC(F)(F)F)c1. The van der Waals surface area contributed by atoms with Gasteiger partial charge in [-0.1, -0.05) is 0 Å². The highest BCUT2D eigenvalue weighted by atomic mass is 35.5. The van der Waals surface area contributed by atoms with Gasteiger partial charge in [-0.3, -0.25) is 4.79 Å². The molecule has 0 N–H and O–H groups in total. The van der Waals surface area contributed by atoms with Crippen molar-refractivity contribution in [2.75, 3.05) is 6.61 Å². The molecule has 0 saturated carbocycles. The van der Waals surface area contributed by atoms with Gasteiger partial charge in [0.1, 0.15) is 0 Å². The van der Waals surface area contributed by atoms with Gasteiger partial charge in [0.15, 0.2) is 0 Å². The summed E-state index contributed by atoms with van der Waals surface area (Å²) in [6.45, 7) is 1.80. The average Bonchev–Trinajstić information content (AvgIpc) is 2.36. The second-order valence-electron chi connectivity index (χ2n) is 3.90. The standard InChI is InChI=1S/C13H11ClF3NO2S/c1-2-20-12(19)5-8-3-9(7-18)10(6-14)11(4-8)21-13(15,16)17/h3-4H,2,5-6H2,1H3. The quantitative estimate of drug-likeness (QED) is 0.462. The maximum atomic E-state index is 12.6. The van der Waals surface area contributed by atoms with Gasteiger partial charge >= 0.3 is 11.5 Å². The lowest BCUT2D eigenvalue weighted by atomic mass is 10.0. The molecule has 1 rings (SSSR count). The molecule has 3 nitrogen and oxygen atoms in total. The zero-order valence-electron chi connectivity index (χ0n) is 11.0. The van der Waals surface area contributed by atoms with Gasteiger partial charge < -0.3 is 4.74 Å². The number of hydrogen-bond acceptors (Lipinski definition) is 4. The van der Waals surface area contributed by atoms with Crippen LogP contribution in [0.25, 0.3) is 0 Å². The van der Waals surface area contributed by atoms with Crippen LogP contribution in [0.5, 0.6) is 0 Å². The number of esters is 1. The first-order valence-corrected chi connectivity index (χ1v) is 7.19. The van der Waals surface area contributed by atoms with Crippen LogP contribution in [0.1, 0.15) is 23.6 Å². The number of carbonyl (C=O) groups excluding carboxylic acids is 1. The first kappa shape index (κ1) is 17.7. The van der Waals surface area contributed by atoms with Crippen molar-refractivity contribution in [2.24, 2.45) is 0 Å². The topological polar surface area (TPSA) is 50.1 Å². The summed E-state index contributed by atoms with van der Waals surface area (Å²) in [5, 5.41) is 9.02. The number of nitriles is 1. The highest BCUT2D eigenvalue weighted by Crippen LogP contribution is 2.40. The van der Waals surface area contributed by atoms with E-state index in [1.54, 1.807) is 13.0 Å². The fourth-order valence-electron chi connectivity index (χ4n) is 1.64. The number of rotatable bonds is 5. The van der Waals surface area contributed by atoms with Crippen LogP contribution in [0.3, 0.4) is 0 Å². The van der Waals surface area contributed by atoms with Gasteiger partial charge in [-0.25, -0.2) is 0 Å². The lowest BCUT2D eigenvalue weighted by molar-refractivity contribution is -0.142. The van der Waals surface area contributed by atoms with Crippen LogP contribution in [0.4, 0.5) is 13.2 Å². The monoisotopic (exact) mass is 337 g/mol. The van der Waals surface area contributed by atoms with Gasteiger partial charge in [0.2, 0.25) is 0 Å². The van der Waals surface area contributed by atoms with Gasteiger partial charge in [0.25, 0.3) is 0 Å². The number of carbonyl (C=O) groups is 1. The Labute approximate surface area is 129 Å². The van der Waals surface area contributed by atoms with Gasteiger partial charge in [-0.15, -0.1) is 11.6 Å². The molecule has 1 aromatic rings. The summed E-state index contributed by atoms with van der Waals surface area (Å²) in [5.41, 5.74) is -4.09. The van der Waals surface area contributed by atoms with Gasteiger partial charge in [0, 0.05) is 10.8 Å². The zero-order chi connectivity index (χ0) is 16.0. The molecular formula is C13H11ClF3NO2S. The average molecular weight is 338 g/mol. The Balaban J connectivity index is 3.21. The molecule has 0 aliphatic carbocycles. The molecule has 0 radical (unpaired) electrons. The minimum absolute atomic E-state index is 0.0264. The zero-order valence-corrected chi connectivity index (χ0v) is 12.5. The van der Waals surface area contributed by atoms with Crippen LogP contribution < -0.4 is 0 Å². The molecule has 0 aliphatic rings. The number of benzene rings is 1. The van der Waals surface area contributed by atoms with E-state index in [0.29, 0.717) is 0 Å². The van der Waals surface area contributed by atoms with Crippen LogP contribution in [0.2, 0.25) is 0 Å². The Morgan fingerprint density at radius 2 is 2.14 bits per heavy atom. The van der Waals surface area contributed by atoms with Crippen molar-refractivity contribution in [3.8, 4) is 6.07 Å². The molecule has 0 amide bonds. The highest BCUT2D eigenvalue weighted by molar-refractivity contribution is 8.00. The number of halogens is 4. The highest BCUT2D eigenvalue weighted by Gasteiger charge is 2.31. The van der Waals surface area contributed by atoms with Gasteiger partial charge in [-0.2, -0.15) is 18.4 Å². The number of nitrogens with zero attached hydrogens (tertiary/aromatic N) is 1. The molecule has 0 aromatic heterocycles. The van der Waals surface area contributed by atoms with Gasteiger partial charge in [0.05, 0.1) is 24.7 Å². The molecule has 0 unspecified atom stereocenters. The Morgan fingerprint density at radius 3 is 2.62 bits per heavy atom. The maximum Gasteiger partial charge on any atom is 0.446 e. The number of alkyl halides is 4. The molecule has 0 atom stereocenters. The second kappa shape index (κ2) is 7.57. The van der Waals surface area contributed by atoms with E-state index in [1.807, 2.05) is 0 Å². The van der Waals surface area contributed by atoms with Crippen LogP contribution in [-0.4, -0.2) is 18.1 Å². The summed E-state index contributed by atoms with van der Waals surface area (Å²) in [6.07, 6.45) is -0.198. The Morgan fingerprint density at radius 1 is 1.48 bits per heavy atom. The molecule has 0 spiro atoms. The first-order valence-electron chi connectivity index (χ1n) is 5.84. The fourth-order valence-corrected chi connectivity index (χ4v) is 2.77. The summed E-state index contributed by atoms with van der Waals surface area (Å²) < 4.78 is 42.4. The van der Waals surface area contributed by atoms with Crippen LogP contribution in [-0.2, 0) is 21.8 Å². The lowest BCUT2D eigenvalue weighted by Crippen LogP contribution is -2.09.